The Morgan fingerprint density at radius 2 is 2.04 bits per heavy atom. The van der Waals surface area contributed by atoms with Crippen molar-refractivity contribution in [3.05, 3.63) is 46.9 Å². The lowest BCUT2D eigenvalue weighted by Crippen LogP contribution is -2.34. The largest absolute Gasteiger partial charge is 0.480 e. The van der Waals surface area contributed by atoms with Gasteiger partial charge < -0.3 is 9.47 Å². The predicted octanol–water partition coefficient (Wildman–Crippen LogP) is 3.06. The Bertz CT molecular complexity index is 1010. The van der Waals surface area contributed by atoms with Crippen molar-refractivity contribution >= 4 is 45.7 Å². The molecule has 0 saturated carbocycles. The molecule has 3 rings (SSSR count). The molecule has 1 aliphatic rings. The number of rotatable bonds is 5. The van der Waals surface area contributed by atoms with Crippen LogP contribution in [0.3, 0.4) is 0 Å². The molecule has 1 aliphatic heterocycles. The highest BCUT2D eigenvalue weighted by Crippen LogP contribution is 2.36. The van der Waals surface area contributed by atoms with E-state index in [1.807, 2.05) is 30.3 Å². The number of imide groups is 1. The molecule has 0 atom stereocenters. The quantitative estimate of drug-likeness (QED) is 0.450. The summed E-state index contributed by atoms with van der Waals surface area (Å²) in [5, 5.41) is 1.28. The zero-order valence-electron chi connectivity index (χ0n) is 14.4. The van der Waals surface area contributed by atoms with Crippen LogP contribution in [0.25, 0.3) is 16.8 Å². The van der Waals surface area contributed by atoms with Gasteiger partial charge in [-0.1, -0.05) is 36.3 Å². The molecule has 7 heteroatoms. The third kappa shape index (κ3) is 3.81. The molecule has 0 aliphatic carbocycles. The van der Waals surface area contributed by atoms with Crippen LogP contribution in [0.1, 0.15) is 5.56 Å². The van der Waals surface area contributed by atoms with Crippen molar-refractivity contribution in [3.63, 3.8) is 0 Å². The number of terminal acetylenes is 1. The maximum atomic E-state index is 12.6. The number of nitrogens with zero attached hydrogens (tertiary/aromatic N) is 1. The van der Waals surface area contributed by atoms with E-state index in [0.717, 1.165) is 27.4 Å². The zero-order chi connectivity index (χ0) is 19.4. The van der Waals surface area contributed by atoms with E-state index in [9.17, 15) is 14.4 Å². The monoisotopic (exact) mass is 381 g/mol. The second kappa shape index (κ2) is 7.98. The minimum absolute atomic E-state index is 0.0724. The summed E-state index contributed by atoms with van der Waals surface area (Å²) < 4.78 is 10.1. The number of carbonyl (C=O) groups is 3. The van der Waals surface area contributed by atoms with E-state index < -0.39 is 23.7 Å². The van der Waals surface area contributed by atoms with E-state index >= 15 is 0 Å². The van der Waals surface area contributed by atoms with Gasteiger partial charge in [0.15, 0.2) is 0 Å². The Hall–Kier alpha value is -3.24. The van der Waals surface area contributed by atoms with Crippen molar-refractivity contribution in [2.45, 2.75) is 0 Å². The van der Waals surface area contributed by atoms with Gasteiger partial charge >= 0.3 is 5.97 Å². The maximum absolute atomic E-state index is 12.6. The van der Waals surface area contributed by atoms with E-state index in [-0.39, 0.29) is 11.5 Å². The summed E-state index contributed by atoms with van der Waals surface area (Å²) in [5.74, 6) is 1.70. The van der Waals surface area contributed by atoms with Gasteiger partial charge in [-0.25, -0.2) is 0 Å². The number of methoxy groups -OCH3 is 1. The third-order valence-electron chi connectivity index (χ3n) is 3.91. The van der Waals surface area contributed by atoms with Gasteiger partial charge in [-0.15, -0.1) is 6.42 Å². The molecule has 2 aromatic carbocycles. The number of benzene rings is 2. The standard InChI is InChI=1S/C20H15NO5S/c1-3-10-26-16-9-8-13-6-4-5-7-14(13)15(16)11-17-19(23)21(20(24)27-17)12-18(22)25-2/h1,4-9,11H,10,12H2,2H3/b17-11-. The van der Waals surface area contributed by atoms with Crippen LogP contribution < -0.4 is 4.74 Å². The molecule has 27 heavy (non-hydrogen) atoms. The first-order valence-corrected chi connectivity index (χ1v) is 8.77. The molecule has 0 N–H and O–H groups in total. The summed E-state index contributed by atoms with van der Waals surface area (Å²) in [4.78, 5) is 37.2. The minimum Gasteiger partial charge on any atom is -0.480 e. The van der Waals surface area contributed by atoms with Gasteiger partial charge in [0.05, 0.1) is 12.0 Å². The summed E-state index contributed by atoms with van der Waals surface area (Å²) in [6, 6.07) is 11.3. The molecule has 2 amide bonds. The van der Waals surface area contributed by atoms with E-state index in [1.165, 1.54) is 7.11 Å². The SMILES string of the molecule is C#CCOc1ccc2ccccc2c1/C=C1\SC(=O)N(CC(=O)OC)C1=O. The average Bonchev–Trinajstić information content (AvgIpc) is 2.94. The Balaban J connectivity index is 2.04. The Morgan fingerprint density at radius 3 is 2.78 bits per heavy atom. The molecular formula is C20H15NO5S. The summed E-state index contributed by atoms with van der Waals surface area (Å²) in [5.41, 5.74) is 0.645. The number of fused-ring (bicyclic) bond motifs is 1. The van der Waals surface area contributed by atoms with Gasteiger partial charge in [0, 0.05) is 5.56 Å². The van der Waals surface area contributed by atoms with Crippen LogP contribution in [-0.2, 0) is 14.3 Å². The topological polar surface area (TPSA) is 72.9 Å². The lowest BCUT2D eigenvalue weighted by molar-refractivity contribution is -0.143. The van der Waals surface area contributed by atoms with Crippen molar-refractivity contribution < 1.29 is 23.9 Å². The molecule has 1 fully saturated rings. The van der Waals surface area contributed by atoms with Crippen LogP contribution >= 0.6 is 11.8 Å². The van der Waals surface area contributed by atoms with Crippen molar-refractivity contribution in [2.75, 3.05) is 20.3 Å². The molecule has 0 spiro atoms. The smallest absolute Gasteiger partial charge is 0.325 e. The van der Waals surface area contributed by atoms with Crippen LogP contribution in [0.4, 0.5) is 4.79 Å². The second-order valence-corrected chi connectivity index (χ2v) is 6.53. The van der Waals surface area contributed by atoms with Gasteiger partial charge in [0.2, 0.25) is 0 Å². The van der Waals surface area contributed by atoms with E-state index in [4.69, 9.17) is 11.2 Å². The van der Waals surface area contributed by atoms with E-state index in [2.05, 4.69) is 10.7 Å². The predicted molar refractivity (Wildman–Crippen MR) is 103 cm³/mol. The number of hydrogen-bond donors (Lipinski definition) is 0. The Morgan fingerprint density at radius 1 is 1.26 bits per heavy atom. The van der Waals surface area contributed by atoms with Gasteiger partial charge in [-0.3, -0.25) is 19.3 Å². The van der Waals surface area contributed by atoms with Gasteiger partial charge in [0.1, 0.15) is 18.9 Å². The fourth-order valence-electron chi connectivity index (χ4n) is 2.63. The Labute approximate surface area is 160 Å². The number of ether oxygens (including phenoxy) is 2. The van der Waals surface area contributed by atoms with E-state index in [1.54, 1.807) is 12.1 Å². The summed E-state index contributed by atoms with van der Waals surface area (Å²) >= 11 is 0.765. The normalized spacial score (nSPS) is 15.3. The van der Waals surface area contributed by atoms with Crippen LogP contribution in [0.2, 0.25) is 0 Å². The first-order valence-electron chi connectivity index (χ1n) is 7.95. The third-order valence-corrected chi connectivity index (χ3v) is 4.81. The average molecular weight is 381 g/mol. The lowest BCUT2D eigenvalue weighted by Gasteiger charge is -2.11. The number of thioether (sulfide) groups is 1. The highest BCUT2D eigenvalue weighted by Gasteiger charge is 2.36. The van der Waals surface area contributed by atoms with Crippen LogP contribution in [0, 0.1) is 12.3 Å². The number of carbonyl (C=O) groups excluding carboxylic acids is 3. The molecule has 0 aromatic heterocycles. The van der Waals surface area contributed by atoms with E-state index in [0.29, 0.717) is 11.3 Å². The maximum Gasteiger partial charge on any atom is 0.325 e. The zero-order valence-corrected chi connectivity index (χ0v) is 15.2. The highest BCUT2D eigenvalue weighted by atomic mass is 32.2. The molecule has 1 saturated heterocycles. The number of esters is 1. The molecule has 1 heterocycles. The van der Waals surface area contributed by atoms with Crippen molar-refractivity contribution in [1.29, 1.82) is 0 Å². The first kappa shape index (κ1) is 18.5. The summed E-state index contributed by atoms with van der Waals surface area (Å²) in [6.07, 6.45) is 6.87. The van der Waals surface area contributed by atoms with Crippen LogP contribution in [0.15, 0.2) is 41.3 Å². The van der Waals surface area contributed by atoms with Crippen LogP contribution in [-0.4, -0.2) is 42.3 Å². The fourth-order valence-corrected chi connectivity index (χ4v) is 3.45. The first-order chi connectivity index (χ1) is 13.0. The molecule has 6 nitrogen and oxygen atoms in total. The lowest BCUT2D eigenvalue weighted by atomic mass is 10.0. The van der Waals surface area contributed by atoms with Crippen molar-refractivity contribution in [3.8, 4) is 18.1 Å². The van der Waals surface area contributed by atoms with Gasteiger partial charge in [-0.05, 0) is 34.7 Å². The molecular weight excluding hydrogens is 366 g/mol. The minimum atomic E-state index is -0.665. The Kier molecular flexibility index (Phi) is 5.48. The molecule has 136 valence electrons. The van der Waals surface area contributed by atoms with Crippen molar-refractivity contribution in [2.24, 2.45) is 0 Å². The summed E-state index contributed by atoms with van der Waals surface area (Å²) in [7, 11) is 1.20. The van der Waals surface area contributed by atoms with Crippen molar-refractivity contribution in [1.82, 2.24) is 4.90 Å². The second-order valence-electron chi connectivity index (χ2n) is 5.54. The molecule has 0 radical (unpaired) electrons. The molecule has 2 aromatic rings. The van der Waals surface area contributed by atoms with Crippen LogP contribution in [0.5, 0.6) is 5.75 Å². The van der Waals surface area contributed by atoms with Gasteiger partial charge in [-0.2, -0.15) is 0 Å². The van der Waals surface area contributed by atoms with Gasteiger partial charge in [0.25, 0.3) is 11.1 Å². The fraction of sp³-hybridized carbons (Fsp3) is 0.150. The number of hydrogen-bond acceptors (Lipinski definition) is 6. The summed E-state index contributed by atoms with van der Waals surface area (Å²) in [6.45, 7) is -0.350. The molecule has 0 unspecified atom stereocenters. The molecule has 0 bridgehead atoms. The number of amides is 2. The highest BCUT2D eigenvalue weighted by molar-refractivity contribution is 8.18.